The van der Waals surface area contributed by atoms with Crippen LogP contribution >= 0.6 is 0 Å². The number of hydrogen-bond acceptors (Lipinski definition) is 4. The molecule has 0 radical (unpaired) electrons. The summed E-state index contributed by atoms with van der Waals surface area (Å²) in [5.74, 6) is -0.390. The fourth-order valence-electron chi connectivity index (χ4n) is 4.62. The number of rotatable bonds is 9. The van der Waals surface area contributed by atoms with Crippen molar-refractivity contribution in [2.45, 2.75) is 40.2 Å². The van der Waals surface area contributed by atoms with Gasteiger partial charge in [-0.25, -0.2) is 4.79 Å². The smallest absolute Gasteiger partial charge is 0.335 e. The van der Waals surface area contributed by atoms with Crippen LogP contribution in [0.2, 0.25) is 0 Å². The van der Waals surface area contributed by atoms with Gasteiger partial charge in [0.15, 0.2) is 5.78 Å². The van der Waals surface area contributed by atoms with Crippen LogP contribution in [-0.4, -0.2) is 36.7 Å². The van der Waals surface area contributed by atoms with Crippen LogP contribution in [-0.2, 0) is 16.0 Å². The van der Waals surface area contributed by atoms with Crippen molar-refractivity contribution in [2.75, 3.05) is 13.7 Å². The molecular weight excluding hydrogens is 428 g/mol. The summed E-state index contributed by atoms with van der Waals surface area (Å²) in [6, 6.07) is 17.2. The first kappa shape index (κ1) is 25.2. The lowest BCUT2D eigenvalue weighted by molar-refractivity contribution is -0.132. The predicted octanol–water partition coefficient (Wildman–Crippen LogP) is 5.82. The van der Waals surface area contributed by atoms with Crippen molar-refractivity contribution >= 4 is 11.8 Å². The fraction of sp³-hybridized carbons (Fsp3) is 0.310. The number of carboxylic acids is 1. The van der Waals surface area contributed by atoms with Crippen LogP contribution < -0.4 is 4.74 Å². The van der Waals surface area contributed by atoms with Crippen molar-refractivity contribution in [3.05, 3.63) is 100 Å². The van der Waals surface area contributed by atoms with Crippen molar-refractivity contribution in [3.63, 3.8) is 0 Å². The molecule has 1 aliphatic carbocycles. The van der Waals surface area contributed by atoms with Gasteiger partial charge >= 0.3 is 5.97 Å². The van der Waals surface area contributed by atoms with E-state index in [0.717, 1.165) is 12.0 Å². The second kappa shape index (κ2) is 10.7. The number of ketones is 1. The third-order valence-electron chi connectivity index (χ3n) is 6.75. The molecule has 0 aliphatic heterocycles. The predicted molar refractivity (Wildman–Crippen MR) is 133 cm³/mol. The number of carboxylic acid groups (broad SMARTS) is 1. The van der Waals surface area contributed by atoms with E-state index in [4.69, 9.17) is 9.47 Å². The summed E-state index contributed by atoms with van der Waals surface area (Å²) in [7, 11) is 1.56. The number of carbonyl (C=O) groups excluding carboxylic acids is 1. The maximum Gasteiger partial charge on any atom is 0.335 e. The van der Waals surface area contributed by atoms with E-state index >= 15 is 0 Å². The number of allylic oxidation sites excluding steroid dienone is 1. The highest BCUT2D eigenvalue weighted by Gasteiger charge is 2.42. The molecule has 3 rings (SSSR count). The Morgan fingerprint density at radius 2 is 1.68 bits per heavy atom. The van der Waals surface area contributed by atoms with E-state index in [-0.39, 0.29) is 11.4 Å². The van der Waals surface area contributed by atoms with Gasteiger partial charge in [0.25, 0.3) is 0 Å². The molecule has 0 amide bonds. The Morgan fingerprint density at radius 1 is 1.03 bits per heavy atom. The monoisotopic (exact) mass is 460 g/mol. The molecule has 1 aliphatic rings. The molecule has 178 valence electrons. The molecule has 0 bridgehead atoms. The third-order valence-corrected chi connectivity index (χ3v) is 6.75. The second-order valence-electron chi connectivity index (χ2n) is 8.82. The molecular formula is C29H32O5. The highest BCUT2D eigenvalue weighted by Crippen LogP contribution is 2.45. The highest BCUT2D eigenvalue weighted by atomic mass is 16.5. The minimum Gasteiger partial charge on any atom is -0.493 e. The maximum absolute atomic E-state index is 12.9. The Hall–Kier alpha value is -3.44. The van der Waals surface area contributed by atoms with Crippen LogP contribution in [0.4, 0.5) is 0 Å². The lowest BCUT2D eigenvalue weighted by Gasteiger charge is -2.41. The van der Waals surface area contributed by atoms with Gasteiger partial charge in [0.1, 0.15) is 5.75 Å². The Kier molecular flexibility index (Phi) is 7.90. The first-order valence-electron chi connectivity index (χ1n) is 11.3. The van der Waals surface area contributed by atoms with Gasteiger partial charge in [0, 0.05) is 24.5 Å². The number of aliphatic carboxylic acids is 1. The van der Waals surface area contributed by atoms with Crippen LogP contribution in [0.3, 0.4) is 0 Å². The van der Waals surface area contributed by atoms with Gasteiger partial charge < -0.3 is 14.6 Å². The number of ether oxygens (including phenoxy) is 2. The lowest BCUT2D eigenvalue weighted by atomic mass is 9.67. The largest absolute Gasteiger partial charge is 0.493 e. The quantitative estimate of drug-likeness (QED) is 0.377. The van der Waals surface area contributed by atoms with Gasteiger partial charge in [-0.3, -0.25) is 4.79 Å². The summed E-state index contributed by atoms with van der Waals surface area (Å²) in [4.78, 5) is 24.7. The second-order valence-corrected chi connectivity index (χ2v) is 8.82. The van der Waals surface area contributed by atoms with Crippen molar-refractivity contribution in [3.8, 4) is 5.75 Å². The summed E-state index contributed by atoms with van der Waals surface area (Å²) in [5.41, 5.74) is 3.63. The van der Waals surface area contributed by atoms with Crippen LogP contribution in [0.15, 0.2) is 89.0 Å². The molecule has 2 atom stereocenters. The molecule has 0 aromatic heterocycles. The van der Waals surface area contributed by atoms with Crippen molar-refractivity contribution in [2.24, 2.45) is 5.41 Å². The highest BCUT2D eigenvalue weighted by molar-refractivity contribution is 6.04. The molecule has 0 spiro atoms. The standard InChI is InChI=1S/C29H32O5/c1-19-21(3)29(4,27(33-5)20(2)26(19)28(31)32)17-15-25(30)23-11-13-24(14-12-23)34-18-16-22-9-7-6-8-10-22/h6-15,17,27H,16,18H2,1-5H3,(H,31,32). The van der Waals surface area contributed by atoms with Gasteiger partial charge in [0.05, 0.1) is 18.3 Å². The molecule has 0 saturated carbocycles. The first-order valence-corrected chi connectivity index (χ1v) is 11.3. The molecule has 5 heteroatoms. The molecule has 2 aromatic carbocycles. The average molecular weight is 461 g/mol. The van der Waals surface area contributed by atoms with E-state index in [0.29, 0.717) is 29.1 Å². The van der Waals surface area contributed by atoms with E-state index < -0.39 is 17.5 Å². The minimum atomic E-state index is -0.968. The number of carbonyl (C=O) groups is 2. The maximum atomic E-state index is 12.9. The van der Waals surface area contributed by atoms with Gasteiger partial charge in [-0.15, -0.1) is 0 Å². The molecule has 0 fully saturated rings. The summed E-state index contributed by atoms with van der Waals surface area (Å²) in [6.45, 7) is 8.00. The zero-order chi connectivity index (χ0) is 24.9. The normalized spacial score (nSPS) is 20.7. The molecule has 0 saturated heterocycles. The van der Waals surface area contributed by atoms with Gasteiger partial charge in [0.2, 0.25) is 0 Å². The summed E-state index contributed by atoms with van der Waals surface area (Å²) < 4.78 is 11.5. The Labute approximate surface area is 201 Å². The van der Waals surface area contributed by atoms with Gasteiger partial charge in [-0.05, 0) is 74.7 Å². The van der Waals surface area contributed by atoms with Crippen LogP contribution in [0.1, 0.15) is 43.6 Å². The van der Waals surface area contributed by atoms with E-state index in [2.05, 4.69) is 12.1 Å². The zero-order valence-electron chi connectivity index (χ0n) is 20.4. The molecule has 34 heavy (non-hydrogen) atoms. The minimum absolute atomic E-state index is 0.136. The zero-order valence-corrected chi connectivity index (χ0v) is 20.4. The summed E-state index contributed by atoms with van der Waals surface area (Å²) in [6.07, 6.45) is 3.71. The fourth-order valence-corrected chi connectivity index (χ4v) is 4.62. The lowest BCUT2D eigenvalue weighted by Crippen LogP contribution is -2.39. The SMILES string of the molecule is COC1C(C)=C(C(=O)O)C(C)=C(C)C1(C)C=CC(=O)c1ccc(OCCc2ccccc2)cc1. The number of methoxy groups -OCH3 is 1. The molecule has 2 unspecified atom stereocenters. The molecule has 5 nitrogen and oxygen atoms in total. The van der Waals surface area contributed by atoms with Crippen LogP contribution in [0, 0.1) is 5.41 Å². The Morgan fingerprint density at radius 3 is 2.26 bits per heavy atom. The Balaban J connectivity index is 1.71. The number of hydrogen-bond donors (Lipinski definition) is 1. The van der Waals surface area contributed by atoms with E-state index in [1.807, 2.05) is 38.1 Å². The first-order chi connectivity index (χ1) is 16.2. The van der Waals surface area contributed by atoms with Gasteiger partial charge in [-0.1, -0.05) is 42.0 Å². The number of benzene rings is 2. The van der Waals surface area contributed by atoms with Gasteiger partial charge in [-0.2, -0.15) is 0 Å². The third kappa shape index (κ3) is 5.20. The Bertz CT molecular complexity index is 1140. The van der Waals surface area contributed by atoms with E-state index in [1.54, 1.807) is 51.3 Å². The summed E-state index contributed by atoms with van der Waals surface area (Å²) >= 11 is 0. The summed E-state index contributed by atoms with van der Waals surface area (Å²) in [5, 5.41) is 9.65. The van der Waals surface area contributed by atoms with Crippen LogP contribution in [0.25, 0.3) is 0 Å². The molecule has 2 aromatic rings. The van der Waals surface area contributed by atoms with Crippen molar-refractivity contribution in [1.82, 2.24) is 0 Å². The topological polar surface area (TPSA) is 72.8 Å². The van der Waals surface area contributed by atoms with Crippen LogP contribution in [0.5, 0.6) is 5.75 Å². The van der Waals surface area contributed by atoms with Crippen molar-refractivity contribution in [1.29, 1.82) is 0 Å². The van der Waals surface area contributed by atoms with Crippen molar-refractivity contribution < 1.29 is 24.2 Å². The molecule has 1 N–H and O–H groups in total. The molecule has 0 heterocycles. The van der Waals surface area contributed by atoms with E-state index in [1.165, 1.54) is 5.56 Å². The van der Waals surface area contributed by atoms with E-state index in [9.17, 15) is 14.7 Å². The average Bonchev–Trinajstić information content (AvgIpc) is 2.82.